The molecule has 0 aromatic carbocycles. The van der Waals surface area contributed by atoms with Gasteiger partial charge in [0.1, 0.15) is 12.6 Å². The Morgan fingerprint density at radius 1 is 1.17 bits per heavy atom. The van der Waals surface area contributed by atoms with Gasteiger partial charge >= 0.3 is 0 Å². The first-order valence-electron chi connectivity index (χ1n) is 10.5. The largest absolute Gasteiger partial charge is 0.383 e. The minimum Gasteiger partial charge on any atom is -0.383 e. The number of hydrogen-bond acceptors (Lipinski definition) is 6. The van der Waals surface area contributed by atoms with Gasteiger partial charge in [0.15, 0.2) is 12.1 Å². The lowest BCUT2D eigenvalue weighted by Crippen LogP contribution is -2.36. The van der Waals surface area contributed by atoms with Crippen LogP contribution in [-0.2, 0) is 23.9 Å². The maximum Gasteiger partial charge on any atom is 0.168 e. The topological polar surface area (TPSA) is 72.9 Å². The van der Waals surface area contributed by atoms with Crippen LogP contribution in [0.25, 0.3) is 0 Å². The second-order valence-corrected chi connectivity index (χ2v) is 7.65. The highest BCUT2D eigenvalue weighted by Crippen LogP contribution is 2.39. The van der Waals surface area contributed by atoms with Gasteiger partial charge in [-0.15, -0.1) is 6.58 Å². The average molecular weight is 418 g/mol. The molecule has 1 saturated carbocycles. The molecule has 6 nitrogen and oxygen atoms in total. The maximum atomic E-state index is 10.4. The van der Waals surface area contributed by atoms with Crippen LogP contribution in [0.2, 0.25) is 0 Å². The summed E-state index contributed by atoms with van der Waals surface area (Å²) in [7, 11) is 3.86. The molecular weight excluding hydrogens is 382 g/mol. The van der Waals surface area contributed by atoms with Crippen molar-refractivity contribution >= 4 is 18.9 Å². The first kappa shape index (κ1) is 25.7. The third-order valence-corrected chi connectivity index (χ3v) is 4.91. The predicted octanol–water partition coefficient (Wildman–Crippen LogP) is 3.79. The zero-order valence-electron chi connectivity index (χ0n) is 18.3. The van der Waals surface area contributed by atoms with Crippen molar-refractivity contribution in [2.24, 2.45) is 5.92 Å². The molecule has 0 aromatic rings. The highest BCUT2D eigenvalue weighted by molar-refractivity contribution is 5.84. The van der Waals surface area contributed by atoms with Crippen molar-refractivity contribution in [2.45, 2.75) is 50.7 Å². The van der Waals surface area contributed by atoms with Crippen molar-refractivity contribution in [3.63, 3.8) is 0 Å². The molecule has 2 fully saturated rings. The Hall–Kier alpha value is -2.31. The first-order chi connectivity index (χ1) is 14.5. The summed E-state index contributed by atoms with van der Waals surface area (Å²) >= 11 is 0. The molecule has 3 aliphatic rings. The summed E-state index contributed by atoms with van der Waals surface area (Å²) in [6.45, 7) is 4.87. The van der Waals surface area contributed by atoms with Crippen LogP contribution < -0.4 is 0 Å². The van der Waals surface area contributed by atoms with Crippen LogP contribution in [0.15, 0.2) is 48.2 Å². The molecule has 1 unspecified atom stereocenters. The monoisotopic (exact) mass is 417 g/mol. The second kappa shape index (κ2) is 14.6. The van der Waals surface area contributed by atoms with Crippen LogP contribution in [0.3, 0.4) is 0 Å². The zero-order valence-corrected chi connectivity index (χ0v) is 18.3. The second-order valence-electron chi connectivity index (χ2n) is 7.65. The van der Waals surface area contributed by atoms with Gasteiger partial charge in [0.25, 0.3) is 0 Å². The molecule has 1 spiro atoms. The Bertz CT molecular complexity index is 634. The minimum absolute atomic E-state index is 0.314. The zero-order chi connectivity index (χ0) is 22.2. The van der Waals surface area contributed by atoms with Crippen molar-refractivity contribution in [2.75, 3.05) is 27.3 Å². The van der Waals surface area contributed by atoms with Gasteiger partial charge in [-0.05, 0) is 25.2 Å². The highest BCUT2D eigenvalue weighted by atomic mass is 16.7. The molecule has 1 aliphatic heterocycles. The van der Waals surface area contributed by atoms with Gasteiger partial charge in [-0.2, -0.15) is 0 Å². The van der Waals surface area contributed by atoms with E-state index in [1.54, 1.807) is 6.08 Å². The molecule has 0 amide bonds. The molecule has 1 atom stereocenters. The Morgan fingerprint density at radius 2 is 1.90 bits per heavy atom. The molecule has 0 bridgehead atoms. The molecule has 0 aromatic heterocycles. The molecule has 166 valence electrons. The third kappa shape index (κ3) is 9.46. The number of unbranched alkanes of at least 4 members (excludes halogenated alkanes) is 1. The van der Waals surface area contributed by atoms with Crippen molar-refractivity contribution in [1.82, 2.24) is 4.90 Å². The number of aldehydes is 3. The summed E-state index contributed by atoms with van der Waals surface area (Å²) in [6.07, 6.45) is 18.3. The van der Waals surface area contributed by atoms with Crippen molar-refractivity contribution in [3.8, 4) is 0 Å². The highest BCUT2D eigenvalue weighted by Gasteiger charge is 2.40. The number of hydrogen-bond donors (Lipinski definition) is 0. The molecule has 0 N–H and O–H groups in total. The normalized spacial score (nSPS) is 22.3. The van der Waals surface area contributed by atoms with Gasteiger partial charge in [0.05, 0.1) is 13.2 Å². The predicted molar refractivity (Wildman–Crippen MR) is 118 cm³/mol. The SMILES string of the molecule is C=CCCC=O.CN(C)C=C1C=CC=C1C=O.O=CCC1CCCC2(C1)OCCO2. The first-order valence-corrected chi connectivity index (χ1v) is 10.5. The standard InChI is InChI=1S/C10H16O3.C9H11NO.C5H8O/c11-5-3-9-2-1-4-10(8-9)12-6-7-13-10;1-10(2)6-8-4-3-5-9(8)7-11;1-2-3-4-5-6/h5,9H,1-4,6-8H2;3-7H,1-2H3;2,5H,1,3-4H2. The summed E-state index contributed by atoms with van der Waals surface area (Å²) in [5, 5.41) is 0. The van der Waals surface area contributed by atoms with Crippen LogP contribution in [0, 0.1) is 5.92 Å². The van der Waals surface area contributed by atoms with E-state index < -0.39 is 0 Å². The number of allylic oxidation sites excluding steroid dienone is 6. The van der Waals surface area contributed by atoms with Gasteiger partial charge in [0, 0.05) is 57.1 Å². The number of nitrogens with zero attached hydrogens (tertiary/aromatic N) is 1. The molecular formula is C24H35NO5. The minimum atomic E-state index is -0.314. The number of carbonyl (C=O) groups is 3. The molecule has 2 aliphatic carbocycles. The summed E-state index contributed by atoms with van der Waals surface area (Å²) in [6, 6.07) is 0. The molecule has 1 heterocycles. The van der Waals surface area contributed by atoms with Crippen molar-refractivity contribution in [3.05, 3.63) is 48.2 Å². The Kier molecular flexibility index (Phi) is 12.6. The number of carbonyl (C=O) groups excluding carboxylic acids is 3. The summed E-state index contributed by atoms with van der Waals surface area (Å²) in [5.41, 5.74) is 1.73. The number of ether oxygens (including phenoxy) is 2. The van der Waals surface area contributed by atoms with E-state index in [0.29, 0.717) is 32.0 Å². The maximum absolute atomic E-state index is 10.4. The van der Waals surface area contributed by atoms with Crippen LogP contribution in [0.5, 0.6) is 0 Å². The van der Waals surface area contributed by atoms with Crippen LogP contribution in [0.4, 0.5) is 0 Å². The lowest BCUT2D eigenvalue weighted by atomic mass is 9.83. The van der Waals surface area contributed by atoms with E-state index in [1.807, 2.05) is 43.4 Å². The lowest BCUT2D eigenvalue weighted by Gasteiger charge is -2.35. The van der Waals surface area contributed by atoms with Crippen LogP contribution in [-0.4, -0.2) is 56.9 Å². The fourth-order valence-electron chi connectivity index (χ4n) is 3.54. The Labute approximate surface area is 180 Å². The van der Waals surface area contributed by atoms with E-state index in [4.69, 9.17) is 9.47 Å². The van der Waals surface area contributed by atoms with E-state index in [9.17, 15) is 14.4 Å². The third-order valence-electron chi connectivity index (χ3n) is 4.91. The molecule has 1 saturated heterocycles. The van der Waals surface area contributed by atoms with Crippen LogP contribution >= 0.6 is 0 Å². The van der Waals surface area contributed by atoms with Gasteiger partial charge in [-0.25, -0.2) is 0 Å². The molecule has 6 heteroatoms. The lowest BCUT2D eigenvalue weighted by molar-refractivity contribution is -0.187. The average Bonchev–Trinajstić information content (AvgIpc) is 3.36. The van der Waals surface area contributed by atoms with E-state index >= 15 is 0 Å². The molecule has 0 radical (unpaired) electrons. The Morgan fingerprint density at radius 3 is 2.43 bits per heavy atom. The Balaban J connectivity index is 0.000000242. The van der Waals surface area contributed by atoms with Crippen LogP contribution in [0.1, 0.15) is 44.9 Å². The van der Waals surface area contributed by atoms with E-state index in [-0.39, 0.29) is 5.79 Å². The summed E-state index contributed by atoms with van der Waals surface area (Å²) in [5.74, 6) is 0.163. The van der Waals surface area contributed by atoms with E-state index in [1.165, 1.54) is 0 Å². The fraction of sp³-hybridized carbons (Fsp3) is 0.542. The smallest absolute Gasteiger partial charge is 0.168 e. The summed E-state index contributed by atoms with van der Waals surface area (Å²) in [4.78, 5) is 32.3. The van der Waals surface area contributed by atoms with Crippen molar-refractivity contribution < 1.29 is 23.9 Å². The van der Waals surface area contributed by atoms with E-state index in [0.717, 1.165) is 62.1 Å². The summed E-state index contributed by atoms with van der Waals surface area (Å²) < 4.78 is 11.2. The van der Waals surface area contributed by atoms with Gasteiger partial charge < -0.3 is 24.0 Å². The van der Waals surface area contributed by atoms with Gasteiger partial charge in [-0.1, -0.05) is 24.3 Å². The molecule has 3 rings (SSSR count). The van der Waals surface area contributed by atoms with Gasteiger partial charge in [-0.3, -0.25) is 4.79 Å². The number of rotatable bonds is 7. The fourth-order valence-corrected chi connectivity index (χ4v) is 3.54. The van der Waals surface area contributed by atoms with Gasteiger partial charge in [0.2, 0.25) is 0 Å². The van der Waals surface area contributed by atoms with Crippen molar-refractivity contribution in [1.29, 1.82) is 0 Å². The quantitative estimate of drug-likeness (QED) is 0.357. The molecule has 30 heavy (non-hydrogen) atoms. The van der Waals surface area contributed by atoms with E-state index in [2.05, 4.69) is 6.58 Å².